The van der Waals surface area contributed by atoms with Gasteiger partial charge in [0.25, 0.3) is 5.56 Å². The summed E-state index contributed by atoms with van der Waals surface area (Å²) < 4.78 is 32.7. The number of methoxy groups -OCH3 is 3. The summed E-state index contributed by atoms with van der Waals surface area (Å²) in [7, 11) is 4.74. The van der Waals surface area contributed by atoms with Gasteiger partial charge in [0, 0.05) is 19.9 Å². The third-order valence-electron chi connectivity index (χ3n) is 6.03. The molecule has 10 heteroatoms. The first-order valence-corrected chi connectivity index (χ1v) is 11.3. The molecule has 0 N–H and O–H groups in total. The molecule has 0 radical (unpaired) electrons. The van der Waals surface area contributed by atoms with Gasteiger partial charge in [-0.3, -0.25) is 4.79 Å². The molecule has 9 nitrogen and oxygen atoms in total. The molecule has 184 valence electrons. The predicted octanol–water partition coefficient (Wildman–Crippen LogP) is 3.65. The summed E-state index contributed by atoms with van der Waals surface area (Å²) in [5, 5.41) is 13.2. The maximum absolute atomic E-state index is 13.5. The second-order valence-corrected chi connectivity index (χ2v) is 8.18. The second-order valence-electron chi connectivity index (χ2n) is 8.18. The zero-order chi connectivity index (χ0) is 25.2. The Morgan fingerprint density at radius 2 is 1.72 bits per heavy atom. The van der Waals surface area contributed by atoms with Gasteiger partial charge in [0.05, 0.1) is 32.1 Å². The molecule has 0 saturated heterocycles. The van der Waals surface area contributed by atoms with Gasteiger partial charge in [0.1, 0.15) is 11.3 Å². The number of benzene rings is 2. The SMILES string of the molecule is COCc1nn2c(nnc3c(=O)n(CCc4ccc(OC)c(OC)c4)ccc32)c1-c1ccc(F)cc1. The van der Waals surface area contributed by atoms with Gasteiger partial charge in [-0.1, -0.05) is 18.2 Å². The summed E-state index contributed by atoms with van der Waals surface area (Å²) >= 11 is 0. The molecule has 0 saturated carbocycles. The third kappa shape index (κ3) is 4.16. The Balaban J connectivity index is 1.53. The molecule has 0 aliphatic heterocycles. The van der Waals surface area contributed by atoms with Gasteiger partial charge in [-0.25, -0.2) is 8.91 Å². The second kappa shape index (κ2) is 9.74. The Kier molecular flexibility index (Phi) is 6.34. The van der Waals surface area contributed by atoms with E-state index in [0.29, 0.717) is 46.9 Å². The maximum atomic E-state index is 13.5. The standard InChI is InChI=1S/C26H24FN5O4/c1-34-15-19-23(17-5-7-18(27)8-6-17)25-29-28-24-20(32(25)30-19)11-13-31(26(24)33)12-10-16-4-9-21(35-2)22(14-16)36-3/h4-9,11,13-14H,10,12,15H2,1-3H3. The lowest BCUT2D eigenvalue weighted by molar-refractivity contribution is 0.181. The van der Waals surface area contributed by atoms with Gasteiger partial charge in [0.15, 0.2) is 22.7 Å². The van der Waals surface area contributed by atoms with Gasteiger partial charge >= 0.3 is 0 Å². The molecule has 0 bridgehead atoms. The molecule has 0 unspecified atom stereocenters. The fourth-order valence-corrected chi connectivity index (χ4v) is 4.24. The molecular weight excluding hydrogens is 465 g/mol. The highest BCUT2D eigenvalue weighted by molar-refractivity contribution is 5.84. The Labute approximate surface area is 205 Å². The number of halogens is 1. The Morgan fingerprint density at radius 3 is 2.44 bits per heavy atom. The molecular formula is C26H24FN5O4. The highest BCUT2D eigenvalue weighted by Crippen LogP contribution is 2.30. The van der Waals surface area contributed by atoms with Crippen molar-refractivity contribution in [1.82, 2.24) is 24.4 Å². The molecule has 2 aromatic carbocycles. The number of aromatic nitrogens is 5. The summed E-state index contributed by atoms with van der Waals surface area (Å²) in [4.78, 5) is 13.3. The molecule has 3 heterocycles. The van der Waals surface area contributed by atoms with E-state index in [4.69, 9.17) is 14.2 Å². The van der Waals surface area contributed by atoms with Gasteiger partial charge in [-0.15, -0.1) is 10.2 Å². The Morgan fingerprint density at radius 1 is 0.944 bits per heavy atom. The third-order valence-corrected chi connectivity index (χ3v) is 6.03. The number of nitrogens with zero attached hydrogens (tertiary/aromatic N) is 5. The van der Waals surface area contributed by atoms with Crippen LogP contribution in [0.5, 0.6) is 11.5 Å². The van der Waals surface area contributed by atoms with Crippen LogP contribution >= 0.6 is 0 Å². The molecule has 3 aromatic heterocycles. The van der Waals surface area contributed by atoms with Crippen LogP contribution in [0, 0.1) is 5.82 Å². The highest BCUT2D eigenvalue weighted by Gasteiger charge is 2.20. The number of ether oxygens (including phenoxy) is 3. The number of rotatable bonds is 8. The molecule has 0 atom stereocenters. The lowest BCUT2D eigenvalue weighted by atomic mass is 10.1. The summed E-state index contributed by atoms with van der Waals surface area (Å²) in [5.74, 6) is 0.945. The average molecular weight is 490 g/mol. The van der Waals surface area contributed by atoms with Gasteiger partial charge in [-0.05, 0) is 47.9 Å². The van der Waals surface area contributed by atoms with Crippen LogP contribution in [0.2, 0.25) is 0 Å². The van der Waals surface area contributed by atoms with Crippen molar-refractivity contribution in [2.45, 2.75) is 19.6 Å². The van der Waals surface area contributed by atoms with Gasteiger partial charge in [-0.2, -0.15) is 5.10 Å². The van der Waals surface area contributed by atoms with Crippen LogP contribution in [0.4, 0.5) is 4.39 Å². The number of aryl methyl sites for hydroxylation is 2. The summed E-state index contributed by atoms with van der Waals surface area (Å²) in [6.45, 7) is 0.665. The van der Waals surface area contributed by atoms with E-state index in [1.165, 1.54) is 12.1 Å². The minimum absolute atomic E-state index is 0.203. The van der Waals surface area contributed by atoms with E-state index in [2.05, 4.69) is 15.3 Å². The van der Waals surface area contributed by atoms with Crippen molar-refractivity contribution in [2.75, 3.05) is 21.3 Å². The van der Waals surface area contributed by atoms with Crippen LogP contribution in [0.15, 0.2) is 59.5 Å². The van der Waals surface area contributed by atoms with Crippen molar-refractivity contribution in [3.8, 4) is 22.6 Å². The predicted molar refractivity (Wildman–Crippen MR) is 132 cm³/mol. The van der Waals surface area contributed by atoms with Gasteiger partial charge < -0.3 is 18.8 Å². The van der Waals surface area contributed by atoms with E-state index < -0.39 is 0 Å². The first kappa shape index (κ1) is 23.4. The summed E-state index contributed by atoms with van der Waals surface area (Å²) in [5.41, 5.74) is 3.95. The smallest absolute Gasteiger partial charge is 0.280 e. The van der Waals surface area contributed by atoms with Crippen molar-refractivity contribution in [2.24, 2.45) is 0 Å². The monoisotopic (exact) mass is 489 g/mol. The molecule has 0 aliphatic carbocycles. The van der Waals surface area contributed by atoms with Crippen LogP contribution in [0.3, 0.4) is 0 Å². The first-order valence-electron chi connectivity index (χ1n) is 11.3. The van der Waals surface area contributed by atoms with E-state index in [1.807, 2.05) is 18.2 Å². The number of hydrogen-bond donors (Lipinski definition) is 0. The molecule has 36 heavy (non-hydrogen) atoms. The lowest BCUT2D eigenvalue weighted by Gasteiger charge is -2.11. The zero-order valence-electron chi connectivity index (χ0n) is 20.1. The van der Waals surface area contributed by atoms with E-state index in [-0.39, 0.29) is 23.5 Å². The van der Waals surface area contributed by atoms with Crippen LogP contribution in [0.25, 0.3) is 27.8 Å². The normalized spacial score (nSPS) is 11.3. The summed E-state index contributed by atoms with van der Waals surface area (Å²) in [6, 6.07) is 13.5. The Bertz CT molecular complexity index is 1610. The number of fused-ring (bicyclic) bond motifs is 3. The van der Waals surface area contributed by atoms with Crippen molar-refractivity contribution in [1.29, 1.82) is 0 Å². The molecule has 0 aliphatic rings. The Hall–Kier alpha value is -4.31. The van der Waals surface area contributed by atoms with Crippen LogP contribution in [-0.4, -0.2) is 45.7 Å². The molecule has 5 rings (SSSR count). The number of hydrogen-bond acceptors (Lipinski definition) is 7. The lowest BCUT2D eigenvalue weighted by Crippen LogP contribution is -2.22. The van der Waals surface area contributed by atoms with Crippen LogP contribution in [-0.2, 0) is 24.3 Å². The topological polar surface area (TPSA) is 92.8 Å². The van der Waals surface area contributed by atoms with Crippen molar-refractivity contribution in [3.63, 3.8) is 0 Å². The van der Waals surface area contributed by atoms with E-state index in [1.54, 1.807) is 54.8 Å². The van der Waals surface area contributed by atoms with Crippen LogP contribution in [0.1, 0.15) is 11.3 Å². The van der Waals surface area contributed by atoms with Gasteiger partial charge in [0.2, 0.25) is 0 Å². The largest absolute Gasteiger partial charge is 0.493 e. The maximum Gasteiger partial charge on any atom is 0.280 e. The van der Waals surface area contributed by atoms with Crippen molar-refractivity contribution < 1.29 is 18.6 Å². The minimum Gasteiger partial charge on any atom is -0.493 e. The first-order chi connectivity index (χ1) is 17.5. The summed E-state index contributed by atoms with van der Waals surface area (Å²) in [6.07, 6.45) is 2.33. The molecule has 0 amide bonds. The highest BCUT2D eigenvalue weighted by atomic mass is 19.1. The molecule has 5 aromatic rings. The van der Waals surface area contributed by atoms with Crippen LogP contribution < -0.4 is 15.0 Å². The zero-order valence-corrected chi connectivity index (χ0v) is 20.1. The quantitative estimate of drug-likeness (QED) is 0.329. The molecule has 0 spiro atoms. The molecule has 0 fully saturated rings. The number of pyridine rings is 1. The van der Waals surface area contributed by atoms with E-state index in [9.17, 15) is 9.18 Å². The minimum atomic E-state index is -0.339. The van der Waals surface area contributed by atoms with E-state index in [0.717, 1.165) is 11.1 Å². The van der Waals surface area contributed by atoms with Crippen molar-refractivity contribution in [3.05, 3.63) is 82.2 Å². The average Bonchev–Trinajstić information content (AvgIpc) is 3.27. The fraction of sp³-hybridized carbons (Fsp3) is 0.231. The fourth-order valence-electron chi connectivity index (χ4n) is 4.24. The van der Waals surface area contributed by atoms with E-state index >= 15 is 0 Å². The van der Waals surface area contributed by atoms with Crippen molar-refractivity contribution >= 4 is 16.7 Å².